The molecule has 0 aromatic heterocycles. The Bertz CT molecular complexity index is 70.4. The van der Waals surface area contributed by atoms with E-state index in [0.717, 1.165) is 0 Å². The van der Waals surface area contributed by atoms with Gasteiger partial charge in [-0.25, -0.2) is 0 Å². The van der Waals surface area contributed by atoms with Crippen LogP contribution in [-0.4, -0.2) is 30.0 Å². The molecule has 1 saturated heterocycles. The van der Waals surface area contributed by atoms with E-state index >= 15 is 0 Å². The van der Waals surface area contributed by atoms with Crippen LogP contribution in [0, 0.1) is 0 Å². The van der Waals surface area contributed by atoms with Gasteiger partial charge in [-0.15, -0.1) is 0 Å². The predicted molar refractivity (Wildman–Crippen MR) is 29.6 cm³/mol. The van der Waals surface area contributed by atoms with E-state index in [4.69, 9.17) is 21.4 Å². The summed E-state index contributed by atoms with van der Waals surface area (Å²) in [6, 6.07) is 0. The molecule has 0 aromatic carbocycles. The zero-order chi connectivity index (χ0) is 5.98. The van der Waals surface area contributed by atoms with Crippen LogP contribution in [0.3, 0.4) is 0 Å². The predicted octanol–water partition coefficient (Wildman–Crippen LogP) is -0.511. The van der Waals surface area contributed by atoms with E-state index < -0.39 is 11.8 Å². The minimum atomic E-state index is -0.703. The third-order valence-electron chi connectivity index (χ3n) is 0.981. The zero-order valence-corrected chi connectivity index (χ0v) is 5.06. The molecular weight excluding hydrogens is 130 g/mol. The number of ether oxygens (including phenoxy) is 1. The lowest BCUT2D eigenvalue weighted by Crippen LogP contribution is -2.45. The SMILES string of the molecule is OC1NCCOC1Cl. The van der Waals surface area contributed by atoms with Crippen LogP contribution in [0.5, 0.6) is 0 Å². The van der Waals surface area contributed by atoms with Crippen LogP contribution in [0.1, 0.15) is 0 Å². The van der Waals surface area contributed by atoms with Gasteiger partial charge in [0.25, 0.3) is 0 Å². The summed E-state index contributed by atoms with van der Waals surface area (Å²) in [7, 11) is 0. The van der Waals surface area contributed by atoms with Crippen LogP contribution in [0.25, 0.3) is 0 Å². The topological polar surface area (TPSA) is 41.5 Å². The first kappa shape index (κ1) is 6.29. The summed E-state index contributed by atoms with van der Waals surface area (Å²) < 4.78 is 4.84. The highest BCUT2D eigenvalue weighted by atomic mass is 35.5. The van der Waals surface area contributed by atoms with Crippen molar-refractivity contribution in [2.75, 3.05) is 13.2 Å². The van der Waals surface area contributed by atoms with Crippen molar-refractivity contribution >= 4 is 11.6 Å². The Morgan fingerprint density at radius 3 is 2.88 bits per heavy atom. The molecule has 8 heavy (non-hydrogen) atoms. The van der Waals surface area contributed by atoms with Crippen molar-refractivity contribution in [2.45, 2.75) is 11.8 Å². The first-order valence-electron chi connectivity index (χ1n) is 2.48. The van der Waals surface area contributed by atoms with Crippen LogP contribution in [0.2, 0.25) is 0 Å². The van der Waals surface area contributed by atoms with E-state index in [9.17, 15) is 0 Å². The molecule has 0 aliphatic carbocycles. The van der Waals surface area contributed by atoms with Crippen molar-refractivity contribution in [3.05, 3.63) is 0 Å². The van der Waals surface area contributed by atoms with Gasteiger partial charge in [-0.3, -0.25) is 5.32 Å². The van der Waals surface area contributed by atoms with Crippen molar-refractivity contribution in [1.29, 1.82) is 0 Å². The lowest BCUT2D eigenvalue weighted by Gasteiger charge is -2.23. The summed E-state index contributed by atoms with van der Waals surface area (Å²) in [6.45, 7) is 1.25. The third kappa shape index (κ3) is 1.32. The van der Waals surface area contributed by atoms with E-state index in [1.54, 1.807) is 0 Å². The van der Waals surface area contributed by atoms with Gasteiger partial charge in [0.2, 0.25) is 0 Å². The van der Waals surface area contributed by atoms with Crippen LogP contribution >= 0.6 is 11.6 Å². The molecule has 0 amide bonds. The molecule has 1 aliphatic heterocycles. The number of hydrogen-bond donors (Lipinski definition) is 2. The Hall–Kier alpha value is 0.170. The minimum Gasteiger partial charge on any atom is -0.374 e. The molecule has 0 spiro atoms. The largest absolute Gasteiger partial charge is 0.374 e. The Kier molecular flexibility index (Phi) is 2.08. The van der Waals surface area contributed by atoms with Gasteiger partial charge < -0.3 is 9.84 Å². The molecule has 3 nitrogen and oxygen atoms in total. The molecule has 2 unspecified atom stereocenters. The van der Waals surface area contributed by atoms with Crippen LogP contribution in [0.4, 0.5) is 0 Å². The Morgan fingerprint density at radius 2 is 2.50 bits per heavy atom. The van der Waals surface area contributed by atoms with Gasteiger partial charge in [-0.2, -0.15) is 0 Å². The minimum absolute atomic E-state index is 0.575. The van der Waals surface area contributed by atoms with Crippen molar-refractivity contribution in [3.63, 3.8) is 0 Å². The number of hydrogen-bond acceptors (Lipinski definition) is 3. The lowest BCUT2D eigenvalue weighted by molar-refractivity contribution is -0.0405. The normalized spacial score (nSPS) is 39.8. The standard InChI is InChI=1S/C4H8ClNO2/c5-3-4(7)6-1-2-8-3/h3-4,6-7H,1-2H2. The number of aliphatic hydroxyl groups excluding tert-OH is 1. The maximum absolute atomic E-state index is 8.81. The summed E-state index contributed by atoms with van der Waals surface area (Å²) in [6.07, 6.45) is -0.703. The summed E-state index contributed by atoms with van der Waals surface area (Å²) in [5.74, 6) is 0. The summed E-state index contributed by atoms with van der Waals surface area (Å²) in [4.78, 5) is 0. The highest BCUT2D eigenvalue weighted by Gasteiger charge is 2.19. The third-order valence-corrected chi connectivity index (χ3v) is 1.35. The fourth-order valence-corrected chi connectivity index (χ4v) is 0.740. The van der Waals surface area contributed by atoms with Gasteiger partial charge >= 0.3 is 0 Å². The van der Waals surface area contributed by atoms with Crippen LogP contribution in [0.15, 0.2) is 0 Å². The van der Waals surface area contributed by atoms with Gasteiger partial charge in [0, 0.05) is 6.54 Å². The smallest absolute Gasteiger partial charge is 0.170 e. The van der Waals surface area contributed by atoms with Gasteiger partial charge in [0.05, 0.1) is 6.61 Å². The number of aliphatic hydroxyl groups is 1. The van der Waals surface area contributed by atoms with Gasteiger partial charge in [-0.1, -0.05) is 11.6 Å². The highest BCUT2D eigenvalue weighted by Crippen LogP contribution is 2.05. The fourth-order valence-electron chi connectivity index (χ4n) is 0.562. The zero-order valence-electron chi connectivity index (χ0n) is 4.30. The maximum atomic E-state index is 8.81. The van der Waals surface area contributed by atoms with E-state index in [2.05, 4.69) is 5.32 Å². The van der Waals surface area contributed by atoms with E-state index in [1.165, 1.54) is 0 Å². The fraction of sp³-hybridized carbons (Fsp3) is 1.00. The summed E-state index contributed by atoms with van der Waals surface area (Å²) in [5.41, 5.74) is -0.580. The molecule has 1 fully saturated rings. The Balaban J connectivity index is 2.28. The Labute approximate surface area is 52.6 Å². The average molecular weight is 138 g/mol. The molecular formula is C4H8ClNO2. The first-order chi connectivity index (χ1) is 3.80. The molecule has 0 aromatic rings. The van der Waals surface area contributed by atoms with Crippen LogP contribution in [-0.2, 0) is 4.74 Å². The van der Waals surface area contributed by atoms with E-state index in [1.807, 2.05) is 0 Å². The average Bonchev–Trinajstić information content (AvgIpc) is 1.77. The second kappa shape index (κ2) is 2.64. The first-order valence-corrected chi connectivity index (χ1v) is 2.91. The number of nitrogens with one attached hydrogen (secondary N) is 1. The number of morpholine rings is 1. The van der Waals surface area contributed by atoms with Crippen molar-refractivity contribution in [1.82, 2.24) is 5.32 Å². The maximum Gasteiger partial charge on any atom is 0.170 e. The monoisotopic (exact) mass is 137 g/mol. The molecule has 0 radical (unpaired) electrons. The van der Waals surface area contributed by atoms with E-state index in [-0.39, 0.29) is 0 Å². The van der Waals surface area contributed by atoms with E-state index in [0.29, 0.717) is 13.2 Å². The number of alkyl halides is 1. The van der Waals surface area contributed by atoms with Gasteiger partial charge in [-0.05, 0) is 0 Å². The summed E-state index contributed by atoms with van der Waals surface area (Å²) in [5, 5.41) is 11.5. The highest BCUT2D eigenvalue weighted by molar-refractivity contribution is 6.20. The molecule has 2 N–H and O–H groups in total. The molecule has 0 bridgehead atoms. The van der Waals surface area contributed by atoms with Crippen LogP contribution < -0.4 is 5.32 Å². The second-order valence-electron chi connectivity index (χ2n) is 1.62. The van der Waals surface area contributed by atoms with Gasteiger partial charge in [0.1, 0.15) is 6.23 Å². The molecule has 2 atom stereocenters. The number of halogens is 1. The number of rotatable bonds is 0. The van der Waals surface area contributed by atoms with Crippen molar-refractivity contribution < 1.29 is 9.84 Å². The van der Waals surface area contributed by atoms with Crippen molar-refractivity contribution in [2.24, 2.45) is 0 Å². The quantitative estimate of drug-likeness (QED) is 0.442. The summed E-state index contributed by atoms with van der Waals surface area (Å²) >= 11 is 5.43. The molecule has 1 heterocycles. The second-order valence-corrected chi connectivity index (χ2v) is 2.05. The molecule has 1 aliphatic rings. The molecule has 48 valence electrons. The van der Waals surface area contributed by atoms with Crippen molar-refractivity contribution in [3.8, 4) is 0 Å². The molecule has 4 heteroatoms. The van der Waals surface area contributed by atoms with Gasteiger partial charge in [0.15, 0.2) is 5.56 Å². The Morgan fingerprint density at radius 1 is 1.75 bits per heavy atom. The molecule has 1 rings (SSSR count). The lowest BCUT2D eigenvalue weighted by atomic mass is 10.5. The molecule has 0 saturated carbocycles.